The molecule has 2 N–H and O–H groups in total. The summed E-state index contributed by atoms with van der Waals surface area (Å²) in [7, 11) is -3.75. The Morgan fingerprint density at radius 3 is 2.67 bits per heavy atom. The van der Waals surface area contributed by atoms with Gasteiger partial charge in [0.05, 0.1) is 16.1 Å². The standard InChI is InChI=1S/C19H19N3O4S/c23-18-16-11-15(8-9-17(16)21-19(18)24)27(25,26)22-10-4-7-14(22)12-20-13-5-2-1-3-6-13/h1-3,5-6,8-9,11,14,20H,4,7,10,12H2,(H,21,23,24)/t14-/m1/s1. The van der Waals surface area contributed by atoms with Crippen LogP contribution in [-0.2, 0) is 14.8 Å². The van der Waals surface area contributed by atoms with Crippen LogP contribution in [0.3, 0.4) is 0 Å². The van der Waals surface area contributed by atoms with Crippen molar-refractivity contribution in [2.24, 2.45) is 0 Å². The van der Waals surface area contributed by atoms with Crippen molar-refractivity contribution in [3.63, 3.8) is 0 Å². The molecule has 0 radical (unpaired) electrons. The van der Waals surface area contributed by atoms with Crippen molar-refractivity contribution < 1.29 is 18.0 Å². The maximum Gasteiger partial charge on any atom is 0.296 e. The molecule has 0 spiro atoms. The predicted molar refractivity (Wildman–Crippen MR) is 101 cm³/mol. The summed E-state index contributed by atoms with van der Waals surface area (Å²) in [4.78, 5) is 23.4. The number of nitrogens with one attached hydrogen (secondary N) is 2. The highest BCUT2D eigenvalue weighted by Crippen LogP contribution is 2.30. The van der Waals surface area contributed by atoms with Gasteiger partial charge in [-0.15, -0.1) is 0 Å². The van der Waals surface area contributed by atoms with Crippen LogP contribution < -0.4 is 10.6 Å². The summed E-state index contributed by atoms with van der Waals surface area (Å²) < 4.78 is 27.7. The van der Waals surface area contributed by atoms with Crippen molar-refractivity contribution in [1.82, 2.24) is 4.31 Å². The van der Waals surface area contributed by atoms with E-state index in [1.54, 1.807) is 0 Å². The molecule has 2 aliphatic heterocycles. The van der Waals surface area contributed by atoms with Crippen LogP contribution in [-0.4, -0.2) is 43.5 Å². The van der Waals surface area contributed by atoms with Gasteiger partial charge in [-0.2, -0.15) is 4.31 Å². The van der Waals surface area contributed by atoms with Crippen molar-refractivity contribution in [2.45, 2.75) is 23.8 Å². The van der Waals surface area contributed by atoms with Crippen molar-refractivity contribution in [1.29, 1.82) is 0 Å². The number of hydrogen-bond donors (Lipinski definition) is 2. The number of hydrogen-bond acceptors (Lipinski definition) is 5. The number of anilines is 2. The van der Waals surface area contributed by atoms with E-state index in [-0.39, 0.29) is 16.5 Å². The number of sulfonamides is 1. The number of benzene rings is 2. The summed E-state index contributed by atoms with van der Waals surface area (Å²) in [6.45, 7) is 0.943. The first-order valence-corrected chi connectivity index (χ1v) is 10.2. The second kappa shape index (κ2) is 6.79. The zero-order chi connectivity index (χ0) is 19.0. The van der Waals surface area contributed by atoms with Crippen LogP contribution in [0.25, 0.3) is 0 Å². The summed E-state index contributed by atoms with van der Waals surface area (Å²) in [5.41, 5.74) is 1.40. The van der Waals surface area contributed by atoms with Gasteiger partial charge >= 0.3 is 0 Å². The molecule has 1 atom stereocenters. The Morgan fingerprint density at radius 1 is 1.11 bits per heavy atom. The SMILES string of the molecule is O=C1Nc2ccc(S(=O)(=O)N3CCC[C@@H]3CNc3ccccc3)cc2C1=O. The maximum atomic E-state index is 13.1. The average Bonchev–Trinajstić information content (AvgIpc) is 3.26. The number of amides is 1. The molecule has 0 unspecified atom stereocenters. The van der Waals surface area contributed by atoms with Crippen molar-refractivity contribution >= 4 is 33.1 Å². The number of fused-ring (bicyclic) bond motifs is 1. The quantitative estimate of drug-likeness (QED) is 0.769. The molecule has 27 heavy (non-hydrogen) atoms. The first-order valence-electron chi connectivity index (χ1n) is 8.77. The Kier molecular flexibility index (Phi) is 4.45. The van der Waals surface area contributed by atoms with Gasteiger partial charge in [0, 0.05) is 24.8 Å². The molecule has 1 amide bonds. The Morgan fingerprint density at radius 2 is 1.89 bits per heavy atom. The van der Waals surface area contributed by atoms with E-state index < -0.39 is 21.7 Å². The van der Waals surface area contributed by atoms with Crippen LogP contribution in [0.15, 0.2) is 53.4 Å². The molecule has 7 nitrogen and oxygen atoms in total. The molecule has 1 fully saturated rings. The van der Waals surface area contributed by atoms with Gasteiger partial charge in [-0.05, 0) is 43.2 Å². The Labute approximate surface area is 157 Å². The zero-order valence-electron chi connectivity index (χ0n) is 14.5. The number of nitrogens with zero attached hydrogens (tertiary/aromatic N) is 1. The van der Waals surface area contributed by atoms with Gasteiger partial charge in [-0.1, -0.05) is 18.2 Å². The topological polar surface area (TPSA) is 95.6 Å². The Bertz CT molecular complexity index is 1000. The normalized spacial score (nSPS) is 19.8. The van der Waals surface area contributed by atoms with E-state index in [0.717, 1.165) is 18.5 Å². The highest BCUT2D eigenvalue weighted by atomic mass is 32.2. The van der Waals surface area contributed by atoms with E-state index in [2.05, 4.69) is 10.6 Å². The lowest BCUT2D eigenvalue weighted by Crippen LogP contribution is -2.39. The number of Topliss-reactive ketones (excluding diaryl/α,β-unsaturated/α-hetero) is 1. The average molecular weight is 385 g/mol. The van der Waals surface area contributed by atoms with Crippen LogP contribution in [0, 0.1) is 0 Å². The summed E-state index contributed by atoms with van der Waals surface area (Å²) in [6, 6.07) is 13.7. The van der Waals surface area contributed by atoms with E-state index >= 15 is 0 Å². The molecule has 0 saturated carbocycles. The van der Waals surface area contributed by atoms with Crippen LogP contribution in [0.1, 0.15) is 23.2 Å². The molecule has 140 valence electrons. The molecular weight excluding hydrogens is 366 g/mol. The van der Waals surface area contributed by atoms with Crippen molar-refractivity contribution in [3.05, 3.63) is 54.1 Å². The van der Waals surface area contributed by atoms with E-state index in [0.29, 0.717) is 18.8 Å². The third kappa shape index (κ3) is 3.22. The smallest absolute Gasteiger partial charge is 0.296 e. The molecular formula is C19H19N3O4S. The highest BCUT2D eigenvalue weighted by Gasteiger charge is 2.37. The van der Waals surface area contributed by atoms with Crippen LogP contribution in [0.5, 0.6) is 0 Å². The number of carbonyl (C=O) groups is 2. The Hall–Kier alpha value is -2.71. The van der Waals surface area contributed by atoms with E-state index in [1.165, 1.54) is 22.5 Å². The number of carbonyl (C=O) groups excluding carboxylic acids is 2. The molecule has 4 rings (SSSR count). The van der Waals surface area contributed by atoms with Gasteiger partial charge in [0.25, 0.3) is 11.7 Å². The molecule has 2 aliphatic rings. The van der Waals surface area contributed by atoms with Crippen LogP contribution in [0.2, 0.25) is 0 Å². The van der Waals surface area contributed by atoms with Crippen LogP contribution >= 0.6 is 0 Å². The maximum absolute atomic E-state index is 13.1. The first kappa shape index (κ1) is 17.7. The monoisotopic (exact) mass is 385 g/mol. The van der Waals surface area contributed by atoms with E-state index in [9.17, 15) is 18.0 Å². The van der Waals surface area contributed by atoms with Gasteiger partial charge in [-0.25, -0.2) is 8.42 Å². The minimum Gasteiger partial charge on any atom is -0.383 e. The number of ketones is 1. The molecule has 0 aliphatic carbocycles. The lowest BCUT2D eigenvalue weighted by atomic mass is 10.1. The number of rotatable bonds is 5. The lowest BCUT2D eigenvalue weighted by molar-refractivity contribution is -0.112. The molecule has 2 heterocycles. The van der Waals surface area contributed by atoms with Gasteiger partial charge in [0.1, 0.15) is 0 Å². The number of para-hydroxylation sites is 1. The zero-order valence-corrected chi connectivity index (χ0v) is 15.3. The molecule has 8 heteroatoms. The first-order chi connectivity index (χ1) is 13.0. The van der Waals surface area contributed by atoms with E-state index in [1.807, 2.05) is 30.3 Å². The molecule has 0 aromatic heterocycles. The summed E-state index contributed by atoms with van der Waals surface area (Å²) in [6.07, 6.45) is 1.55. The highest BCUT2D eigenvalue weighted by molar-refractivity contribution is 7.89. The van der Waals surface area contributed by atoms with E-state index in [4.69, 9.17) is 0 Å². The third-order valence-electron chi connectivity index (χ3n) is 4.94. The second-order valence-corrected chi connectivity index (χ2v) is 8.54. The summed E-state index contributed by atoms with van der Waals surface area (Å²) in [5.74, 6) is -1.43. The minimum atomic E-state index is -3.75. The van der Waals surface area contributed by atoms with Gasteiger partial charge in [0.2, 0.25) is 10.0 Å². The molecule has 0 bridgehead atoms. The van der Waals surface area contributed by atoms with Gasteiger partial charge in [-0.3, -0.25) is 9.59 Å². The van der Waals surface area contributed by atoms with Crippen LogP contribution in [0.4, 0.5) is 11.4 Å². The summed E-state index contributed by atoms with van der Waals surface area (Å²) >= 11 is 0. The Balaban J connectivity index is 1.56. The molecule has 2 aromatic rings. The summed E-state index contributed by atoms with van der Waals surface area (Å²) in [5, 5.41) is 5.72. The molecule has 2 aromatic carbocycles. The van der Waals surface area contributed by atoms with Gasteiger partial charge in [0.15, 0.2) is 0 Å². The van der Waals surface area contributed by atoms with Crippen molar-refractivity contribution in [3.8, 4) is 0 Å². The second-order valence-electron chi connectivity index (χ2n) is 6.65. The predicted octanol–water partition coefficient (Wildman–Crippen LogP) is 2.09. The fourth-order valence-corrected chi connectivity index (χ4v) is 5.26. The van der Waals surface area contributed by atoms with Gasteiger partial charge < -0.3 is 10.6 Å². The third-order valence-corrected chi connectivity index (χ3v) is 6.88. The van der Waals surface area contributed by atoms with Crippen molar-refractivity contribution in [2.75, 3.05) is 23.7 Å². The molecule has 1 saturated heterocycles. The largest absolute Gasteiger partial charge is 0.383 e. The fourth-order valence-electron chi connectivity index (χ4n) is 3.54. The minimum absolute atomic E-state index is 0.0395. The fraction of sp³-hybridized carbons (Fsp3) is 0.263. The lowest BCUT2D eigenvalue weighted by Gasteiger charge is -2.25.